The summed E-state index contributed by atoms with van der Waals surface area (Å²) in [5.74, 6) is 0. The predicted molar refractivity (Wildman–Crippen MR) is 126 cm³/mol. The molecule has 1 aliphatic heterocycles. The van der Waals surface area contributed by atoms with Gasteiger partial charge in [-0.2, -0.15) is 4.31 Å². The van der Waals surface area contributed by atoms with Crippen molar-refractivity contribution < 1.29 is 47.6 Å². The lowest BCUT2D eigenvalue weighted by molar-refractivity contribution is -0.0547. The molecule has 1 fully saturated rings. The Morgan fingerprint density at radius 3 is 2.34 bits per heavy atom. The normalized spacial score (nSPS) is 23.3. The van der Waals surface area contributed by atoms with E-state index in [0.717, 1.165) is 32.5 Å². The number of aliphatic hydroxyl groups is 2. The SMILES string of the molecule is O=c1ccn([C@@H]2O[C@H](COP(=O)(O)OP(=O)(O)O)[C@H](O)C2O)c(=O)n1Cc1cc(-c2ccncc2)ccn1. The number of hydrogen-bond acceptors (Lipinski definition) is 11. The number of phosphoric acid groups is 2. The van der Waals surface area contributed by atoms with Crippen molar-refractivity contribution in [1.29, 1.82) is 0 Å². The molecule has 0 saturated carbocycles. The topological polar surface area (TPSA) is 233 Å². The highest BCUT2D eigenvalue weighted by molar-refractivity contribution is 7.60. The van der Waals surface area contributed by atoms with E-state index in [0.29, 0.717) is 5.69 Å². The van der Waals surface area contributed by atoms with Crippen LogP contribution in [-0.4, -0.2) is 68.9 Å². The Bertz CT molecular complexity index is 1510. The second-order valence-electron chi connectivity index (χ2n) is 8.08. The summed E-state index contributed by atoms with van der Waals surface area (Å²) in [6, 6.07) is 8.02. The number of pyridine rings is 2. The van der Waals surface area contributed by atoms with E-state index in [1.807, 2.05) is 0 Å². The van der Waals surface area contributed by atoms with Gasteiger partial charge < -0.3 is 29.6 Å². The first-order chi connectivity index (χ1) is 17.8. The minimum absolute atomic E-state index is 0.233. The second-order valence-corrected chi connectivity index (χ2v) is 10.9. The first-order valence-corrected chi connectivity index (χ1v) is 13.8. The fourth-order valence-corrected chi connectivity index (χ4v) is 5.34. The van der Waals surface area contributed by atoms with Crippen molar-refractivity contribution in [1.82, 2.24) is 19.1 Å². The zero-order valence-electron chi connectivity index (χ0n) is 19.2. The maximum absolute atomic E-state index is 13.2. The molecule has 4 rings (SSSR count). The van der Waals surface area contributed by atoms with Gasteiger partial charge in [0.15, 0.2) is 6.23 Å². The van der Waals surface area contributed by atoms with Crippen LogP contribution in [0.4, 0.5) is 0 Å². The molecule has 3 aromatic heterocycles. The standard InChI is InChI=1S/C20H22N4O12P2/c25-16-4-8-23(19-18(27)17(26)15(35-19)11-34-38(32,33)36-37(29,30)31)20(28)24(16)10-14-9-13(3-7-22-14)12-1-5-21-6-2-12/h1-9,15,17-19,26-27H,10-11H2,(H,32,33)(H2,29,30,31)/t15-,17+,18?,19-/m1/s1. The minimum Gasteiger partial charge on any atom is -0.387 e. The third-order valence-electron chi connectivity index (χ3n) is 5.47. The Morgan fingerprint density at radius 1 is 0.974 bits per heavy atom. The molecular weight excluding hydrogens is 550 g/mol. The van der Waals surface area contributed by atoms with E-state index in [1.165, 1.54) is 6.20 Å². The highest BCUT2D eigenvalue weighted by Crippen LogP contribution is 2.57. The van der Waals surface area contributed by atoms with Crippen molar-refractivity contribution in [2.45, 2.75) is 31.1 Å². The van der Waals surface area contributed by atoms with Gasteiger partial charge in [-0.15, -0.1) is 0 Å². The van der Waals surface area contributed by atoms with Crippen molar-refractivity contribution in [3.8, 4) is 11.1 Å². The lowest BCUT2D eigenvalue weighted by Gasteiger charge is -2.19. The molecule has 4 heterocycles. The summed E-state index contributed by atoms with van der Waals surface area (Å²) >= 11 is 0. The number of phosphoric ester groups is 1. The molecule has 38 heavy (non-hydrogen) atoms. The van der Waals surface area contributed by atoms with E-state index in [-0.39, 0.29) is 6.54 Å². The Labute approximate surface area is 213 Å². The van der Waals surface area contributed by atoms with Gasteiger partial charge in [-0.1, -0.05) is 0 Å². The number of rotatable bonds is 9. The van der Waals surface area contributed by atoms with E-state index >= 15 is 0 Å². The lowest BCUT2D eigenvalue weighted by atomic mass is 10.1. The van der Waals surface area contributed by atoms with E-state index in [2.05, 4.69) is 18.8 Å². The van der Waals surface area contributed by atoms with Crippen LogP contribution in [0.1, 0.15) is 11.9 Å². The molecule has 5 atom stereocenters. The molecule has 1 aliphatic rings. The van der Waals surface area contributed by atoms with Gasteiger partial charge >= 0.3 is 21.3 Å². The van der Waals surface area contributed by atoms with E-state index < -0.39 is 58.0 Å². The number of nitrogens with zero attached hydrogens (tertiary/aromatic N) is 4. The highest BCUT2D eigenvalue weighted by Gasteiger charge is 2.46. The number of hydrogen-bond donors (Lipinski definition) is 5. The summed E-state index contributed by atoms with van der Waals surface area (Å²) in [4.78, 5) is 60.6. The summed E-state index contributed by atoms with van der Waals surface area (Å²) in [6.45, 7) is -1.18. The quantitative estimate of drug-likeness (QED) is 0.201. The summed E-state index contributed by atoms with van der Waals surface area (Å²) < 4.78 is 37.6. The third kappa shape index (κ3) is 6.57. The third-order valence-corrected chi connectivity index (χ3v) is 7.62. The Morgan fingerprint density at radius 2 is 1.66 bits per heavy atom. The van der Waals surface area contributed by atoms with E-state index in [1.54, 1.807) is 36.7 Å². The molecule has 16 nitrogen and oxygen atoms in total. The number of ether oxygens (including phenoxy) is 1. The second kappa shape index (κ2) is 11.1. The molecule has 204 valence electrons. The average Bonchev–Trinajstić information content (AvgIpc) is 3.13. The van der Waals surface area contributed by atoms with Crippen LogP contribution in [0.25, 0.3) is 11.1 Å². The monoisotopic (exact) mass is 572 g/mol. The maximum Gasteiger partial charge on any atom is 0.481 e. The van der Waals surface area contributed by atoms with Crippen LogP contribution in [0.15, 0.2) is 64.7 Å². The first-order valence-electron chi connectivity index (χ1n) is 10.8. The molecule has 0 bridgehead atoms. The zero-order valence-corrected chi connectivity index (χ0v) is 21.0. The first kappa shape index (κ1) is 28.1. The minimum atomic E-state index is -5.38. The fourth-order valence-electron chi connectivity index (χ4n) is 3.74. The smallest absolute Gasteiger partial charge is 0.387 e. The summed E-state index contributed by atoms with van der Waals surface area (Å²) in [7, 11) is -10.6. The molecule has 18 heteroatoms. The summed E-state index contributed by atoms with van der Waals surface area (Å²) in [5, 5.41) is 20.7. The number of aromatic nitrogens is 4. The van der Waals surface area contributed by atoms with Gasteiger partial charge in [0.05, 0.1) is 18.8 Å². The van der Waals surface area contributed by atoms with Crippen molar-refractivity contribution in [3.05, 3.63) is 81.7 Å². The fraction of sp³-hybridized carbons (Fsp3) is 0.300. The molecule has 5 N–H and O–H groups in total. The summed E-state index contributed by atoms with van der Waals surface area (Å²) in [5.41, 5.74) is 0.394. The molecule has 1 saturated heterocycles. The summed E-state index contributed by atoms with van der Waals surface area (Å²) in [6.07, 6.45) is -0.782. The van der Waals surface area contributed by atoms with Crippen molar-refractivity contribution in [2.24, 2.45) is 0 Å². The van der Waals surface area contributed by atoms with E-state index in [4.69, 9.17) is 14.5 Å². The molecule has 3 aromatic rings. The van der Waals surface area contributed by atoms with Crippen molar-refractivity contribution in [3.63, 3.8) is 0 Å². The van der Waals surface area contributed by atoms with Crippen molar-refractivity contribution in [2.75, 3.05) is 6.61 Å². The molecule has 0 radical (unpaired) electrons. The number of aliphatic hydroxyl groups excluding tert-OH is 2. The largest absolute Gasteiger partial charge is 0.481 e. The van der Waals surface area contributed by atoms with Gasteiger partial charge in [-0.05, 0) is 35.4 Å². The molecule has 0 amide bonds. The molecule has 0 spiro atoms. The van der Waals surface area contributed by atoms with Crippen LogP contribution >= 0.6 is 15.6 Å². The van der Waals surface area contributed by atoms with Gasteiger partial charge in [0.25, 0.3) is 5.56 Å². The Hall–Kier alpha value is -2.88. The van der Waals surface area contributed by atoms with Gasteiger partial charge in [0, 0.05) is 30.9 Å². The average molecular weight is 572 g/mol. The molecule has 0 aromatic carbocycles. The van der Waals surface area contributed by atoms with Gasteiger partial charge in [-0.3, -0.25) is 28.4 Å². The van der Waals surface area contributed by atoms with Crippen LogP contribution in [0.2, 0.25) is 0 Å². The van der Waals surface area contributed by atoms with Crippen LogP contribution in [0, 0.1) is 0 Å². The van der Waals surface area contributed by atoms with Crippen LogP contribution < -0.4 is 11.2 Å². The van der Waals surface area contributed by atoms with E-state index in [9.17, 15) is 33.8 Å². The van der Waals surface area contributed by atoms with Gasteiger partial charge in [0.2, 0.25) is 0 Å². The van der Waals surface area contributed by atoms with Gasteiger partial charge in [-0.25, -0.2) is 13.9 Å². The van der Waals surface area contributed by atoms with Gasteiger partial charge in [0.1, 0.15) is 18.3 Å². The zero-order chi connectivity index (χ0) is 27.7. The Kier molecular flexibility index (Phi) is 8.20. The van der Waals surface area contributed by atoms with Crippen LogP contribution in [-0.2, 0) is 29.2 Å². The maximum atomic E-state index is 13.2. The van der Waals surface area contributed by atoms with Crippen molar-refractivity contribution >= 4 is 15.6 Å². The molecular formula is C20H22N4O12P2. The molecule has 2 unspecified atom stereocenters. The molecule has 0 aliphatic carbocycles. The predicted octanol–water partition coefficient (Wildman–Crippen LogP) is -0.639. The Balaban J connectivity index is 1.55. The van der Waals surface area contributed by atoms with Crippen LogP contribution in [0.5, 0.6) is 0 Å². The highest BCUT2D eigenvalue weighted by atomic mass is 31.3. The van der Waals surface area contributed by atoms with Crippen LogP contribution in [0.3, 0.4) is 0 Å². The lowest BCUT2D eigenvalue weighted by Crippen LogP contribution is -2.43.